The highest BCUT2D eigenvalue weighted by atomic mass is 16.5. The van der Waals surface area contributed by atoms with E-state index in [1.54, 1.807) is 10.8 Å². The lowest BCUT2D eigenvalue weighted by Gasteiger charge is -2.21. The van der Waals surface area contributed by atoms with Gasteiger partial charge in [-0.2, -0.15) is 5.10 Å². The molecule has 3 aromatic rings. The highest BCUT2D eigenvalue weighted by Gasteiger charge is 2.21. The second kappa shape index (κ2) is 6.06. The standard InChI is InChI=1S/C18H21N3O4/c1-11-8-14-17(24-11)13-9-19-21(18(23)16(13)20(14)2)10-15(22)25-12-6-4-3-5-7-12/h8-9,12H,3-7,10H2,1-2H3. The molecule has 4 rings (SSSR count). The molecular formula is C18H21N3O4. The molecule has 0 bridgehead atoms. The Labute approximate surface area is 144 Å². The summed E-state index contributed by atoms with van der Waals surface area (Å²) >= 11 is 0. The van der Waals surface area contributed by atoms with Crippen LogP contribution in [0.5, 0.6) is 0 Å². The number of hydrogen-bond acceptors (Lipinski definition) is 5. The number of aromatic nitrogens is 3. The van der Waals surface area contributed by atoms with Crippen molar-refractivity contribution in [3.63, 3.8) is 0 Å². The highest BCUT2D eigenvalue weighted by molar-refractivity contribution is 6.04. The molecule has 7 heteroatoms. The van der Waals surface area contributed by atoms with E-state index in [0.29, 0.717) is 16.5 Å². The van der Waals surface area contributed by atoms with E-state index in [2.05, 4.69) is 5.10 Å². The van der Waals surface area contributed by atoms with Crippen LogP contribution in [0, 0.1) is 6.92 Å². The summed E-state index contributed by atoms with van der Waals surface area (Å²) in [4.78, 5) is 24.9. The predicted octanol–water partition coefficient (Wildman–Crippen LogP) is 2.67. The molecule has 0 N–H and O–H groups in total. The third kappa shape index (κ3) is 2.73. The van der Waals surface area contributed by atoms with E-state index in [4.69, 9.17) is 9.15 Å². The lowest BCUT2D eigenvalue weighted by atomic mass is 9.98. The van der Waals surface area contributed by atoms with Crippen LogP contribution >= 0.6 is 0 Å². The fourth-order valence-electron chi connectivity index (χ4n) is 3.67. The first-order valence-electron chi connectivity index (χ1n) is 8.68. The quantitative estimate of drug-likeness (QED) is 0.683. The Morgan fingerprint density at radius 3 is 2.88 bits per heavy atom. The van der Waals surface area contributed by atoms with E-state index in [-0.39, 0.29) is 18.2 Å². The molecule has 0 spiro atoms. The van der Waals surface area contributed by atoms with Gasteiger partial charge in [0, 0.05) is 13.1 Å². The molecule has 0 aromatic carbocycles. The van der Waals surface area contributed by atoms with Crippen molar-refractivity contribution in [3.8, 4) is 0 Å². The lowest BCUT2D eigenvalue weighted by molar-refractivity contribution is -0.151. The molecule has 0 aliphatic heterocycles. The molecule has 1 aliphatic carbocycles. The smallest absolute Gasteiger partial charge is 0.328 e. The second-order valence-corrected chi connectivity index (χ2v) is 6.75. The second-order valence-electron chi connectivity index (χ2n) is 6.75. The molecule has 7 nitrogen and oxygen atoms in total. The maximum atomic E-state index is 12.8. The molecule has 0 atom stereocenters. The van der Waals surface area contributed by atoms with E-state index in [0.717, 1.165) is 37.0 Å². The third-order valence-electron chi connectivity index (χ3n) is 4.92. The van der Waals surface area contributed by atoms with Gasteiger partial charge in [-0.3, -0.25) is 9.59 Å². The Kier molecular flexibility index (Phi) is 3.86. The maximum absolute atomic E-state index is 12.8. The molecule has 0 radical (unpaired) electrons. The van der Waals surface area contributed by atoms with Crippen LogP contribution in [0.2, 0.25) is 0 Å². The van der Waals surface area contributed by atoms with Crippen molar-refractivity contribution in [1.29, 1.82) is 0 Å². The van der Waals surface area contributed by atoms with E-state index in [1.807, 2.05) is 20.0 Å². The minimum absolute atomic E-state index is 0.0268. The average Bonchev–Trinajstić information content (AvgIpc) is 3.09. The molecule has 1 saturated carbocycles. The van der Waals surface area contributed by atoms with Crippen molar-refractivity contribution >= 4 is 28.0 Å². The first-order chi connectivity index (χ1) is 12.0. The number of nitrogens with zero attached hydrogens (tertiary/aromatic N) is 3. The fraction of sp³-hybridized carbons (Fsp3) is 0.500. The molecular weight excluding hydrogens is 322 g/mol. The molecule has 3 aromatic heterocycles. The molecule has 25 heavy (non-hydrogen) atoms. The number of furan rings is 1. The summed E-state index contributed by atoms with van der Waals surface area (Å²) < 4.78 is 14.1. The summed E-state index contributed by atoms with van der Waals surface area (Å²) in [7, 11) is 1.81. The van der Waals surface area contributed by atoms with Crippen LogP contribution in [-0.2, 0) is 23.1 Å². The van der Waals surface area contributed by atoms with Crippen molar-refractivity contribution in [2.75, 3.05) is 0 Å². The van der Waals surface area contributed by atoms with Crippen molar-refractivity contribution < 1.29 is 13.9 Å². The lowest BCUT2D eigenvalue weighted by Crippen LogP contribution is -2.30. The van der Waals surface area contributed by atoms with Crippen molar-refractivity contribution in [2.24, 2.45) is 7.05 Å². The Morgan fingerprint density at radius 2 is 2.12 bits per heavy atom. The SMILES string of the molecule is Cc1cc2c(o1)c1cnn(CC(=O)OC3CCCCC3)c(=O)c1n2C. The Hall–Kier alpha value is -2.57. The minimum atomic E-state index is -0.408. The van der Waals surface area contributed by atoms with Crippen LogP contribution in [0.15, 0.2) is 21.5 Å². The van der Waals surface area contributed by atoms with Gasteiger partial charge in [-0.25, -0.2) is 4.68 Å². The zero-order valence-corrected chi connectivity index (χ0v) is 14.4. The molecule has 132 valence electrons. The van der Waals surface area contributed by atoms with Gasteiger partial charge in [-0.05, 0) is 32.6 Å². The van der Waals surface area contributed by atoms with E-state index >= 15 is 0 Å². The molecule has 1 fully saturated rings. The number of rotatable bonds is 3. The van der Waals surface area contributed by atoms with Gasteiger partial charge in [-0.15, -0.1) is 0 Å². The van der Waals surface area contributed by atoms with Gasteiger partial charge < -0.3 is 13.7 Å². The first kappa shape index (κ1) is 15.9. The molecule has 3 heterocycles. The summed E-state index contributed by atoms with van der Waals surface area (Å²) in [6.45, 7) is 1.69. The Morgan fingerprint density at radius 1 is 1.36 bits per heavy atom. The summed E-state index contributed by atoms with van der Waals surface area (Å²) in [5, 5.41) is 4.80. The number of carbonyl (C=O) groups is 1. The Balaban J connectivity index is 1.64. The largest absolute Gasteiger partial charge is 0.461 e. The van der Waals surface area contributed by atoms with Gasteiger partial charge >= 0.3 is 5.97 Å². The van der Waals surface area contributed by atoms with Crippen LogP contribution in [0.25, 0.3) is 22.0 Å². The highest BCUT2D eigenvalue weighted by Crippen LogP contribution is 2.28. The van der Waals surface area contributed by atoms with Crippen LogP contribution in [0.3, 0.4) is 0 Å². The van der Waals surface area contributed by atoms with E-state index < -0.39 is 5.97 Å². The monoisotopic (exact) mass is 343 g/mol. The van der Waals surface area contributed by atoms with Crippen LogP contribution < -0.4 is 5.56 Å². The first-order valence-corrected chi connectivity index (χ1v) is 8.68. The summed E-state index contributed by atoms with van der Waals surface area (Å²) in [6, 6.07) is 1.89. The number of hydrogen-bond donors (Lipinski definition) is 0. The summed E-state index contributed by atoms with van der Waals surface area (Å²) in [6.07, 6.45) is 6.73. The van der Waals surface area contributed by atoms with Gasteiger partial charge in [0.15, 0.2) is 5.58 Å². The van der Waals surface area contributed by atoms with Gasteiger partial charge in [0.1, 0.15) is 23.9 Å². The topological polar surface area (TPSA) is 79.3 Å². The van der Waals surface area contributed by atoms with Crippen molar-refractivity contribution in [1.82, 2.24) is 14.3 Å². The molecule has 0 unspecified atom stereocenters. The zero-order chi connectivity index (χ0) is 17.6. The predicted molar refractivity (Wildman–Crippen MR) is 92.4 cm³/mol. The Bertz CT molecular complexity index is 1000. The van der Waals surface area contributed by atoms with Gasteiger partial charge in [-0.1, -0.05) is 6.42 Å². The fourth-order valence-corrected chi connectivity index (χ4v) is 3.67. The van der Waals surface area contributed by atoms with Crippen LogP contribution in [-0.4, -0.2) is 26.4 Å². The zero-order valence-electron chi connectivity index (χ0n) is 14.4. The average molecular weight is 343 g/mol. The number of esters is 1. The molecule has 0 amide bonds. The normalized spacial score (nSPS) is 15.9. The number of carbonyl (C=O) groups excluding carboxylic acids is 1. The molecule has 1 aliphatic rings. The maximum Gasteiger partial charge on any atom is 0.328 e. The van der Waals surface area contributed by atoms with Crippen molar-refractivity contribution in [3.05, 3.63) is 28.4 Å². The summed E-state index contributed by atoms with van der Waals surface area (Å²) in [5.41, 5.74) is 1.66. The number of fused-ring (bicyclic) bond motifs is 3. The van der Waals surface area contributed by atoms with E-state index in [9.17, 15) is 9.59 Å². The van der Waals surface area contributed by atoms with Gasteiger partial charge in [0.25, 0.3) is 5.56 Å². The molecule has 0 saturated heterocycles. The third-order valence-corrected chi connectivity index (χ3v) is 4.92. The van der Waals surface area contributed by atoms with Gasteiger partial charge in [0.2, 0.25) is 0 Å². The summed E-state index contributed by atoms with van der Waals surface area (Å²) in [5.74, 6) is 0.373. The van der Waals surface area contributed by atoms with Crippen molar-refractivity contribution in [2.45, 2.75) is 51.7 Å². The minimum Gasteiger partial charge on any atom is -0.461 e. The van der Waals surface area contributed by atoms with E-state index in [1.165, 1.54) is 11.1 Å². The van der Waals surface area contributed by atoms with Crippen LogP contribution in [0.4, 0.5) is 0 Å². The van der Waals surface area contributed by atoms with Gasteiger partial charge in [0.05, 0.1) is 17.1 Å². The van der Waals surface area contributed by atoms with Crippen LogP contribution in [0.1, 0.15) is 37.9 Å². The number of aryl methyl sites for hydroxylation is 2. The number of ether oxygens (including phenoxy) is 1.